The molecule has 1 fully saturated rings. The summed E-state index contributed by atoms with van der Waals surface area (Å²) in [6.07, 6.45) is 1.83. The maximum atomic E-state index is 11.7. The number of rotatable bonds is 6. The number of piperidine rings is 1. The SMILES string of the molecule is COc1cc(OC)c(OC)cc1CN1CCC[C@H](C(=O)NN)C1. The molecule has 0 radical (unpaired) electrons. The number of carbonyl (C=O) groups excluding carboxylic acids is 1. The standard InChI is InChI=1S/C16H25N3O4/c1-21-13-8-15(23-3)14(22-2)7-12(13)10-19-6-4-5-11(9-19)16(20)18-17/h7-8,11H,4-6,9-10,17H2,1-3H3,(H,18,20)/t11-/m0/s1. The Hall–Kier alpha value is -1.99. The summed E-state index contributed by atoms with van der Waals surface area (Å²) in [5.41, 5.74) is 3.25. The second kappa shape index (κ2) is 8.03. The van der Waals surface area contributed by atoms with Gasteiger partial charge in [-0.3, -0.25) is 15.1 Å². The minimum Gasteiger partial charge on any atom is -0.496 e. The molecule has 1 heterocycles. The van der Waals surface area contributed by atoms with E-state index >= 15 is 0 Å². The van der Waals surface area contributed by atoms with Crippen molar-refractivity contribution in [3.63, 3.8) is 0 Å². The van der Waals surface area contributed by atoms with E-state index in [1.165, 1.54) is 0 Å². The average molecular weight is 323 g/mol. The molecule has 1 aliphatic rings. The maximum absolute atomic E-state index is 11.7. The highest BCUT2D eigenvalue weighted by Gasteiger charge is 2.26. The van der Waals surface area contributed by atoms with Gasteiger partial charge in [0.05, 0.1) is 27.2 Å². The van der Waals surface area contributed by atoms with E-state index in [-0.39, 0.29) is 11.8 Å². The van der Waals surface area contributed by atoms with Gasteiger partial charge < -0.3 is 14.2 Å². The first kappa shape index (κ1) is 17.4. The summed E-state index contributed by atoms with van der Waals surface area (Å²) < 4.78 is 16.1. The van der Waals surface area contributed by atoms with Crippen LogP contribution < -0.4 is 25.5 Å². The number of nitrogens with zero attached hydrogens (tertiary/aromatic N) is 1. The predicted molar refractivity (Wildman–Crippen MR) is 86.4 cm³/mol. The zero-order valence-electron chi connectivity index (χ0n) is 13.9. The van der Waals surface area contributed by atoms with E-state index in [2.05, 4.69) is 10.3 Å². The number of likely N-dealkylation sites (tertiary alicyclic amines) is 1. The van der Waals surface area contributed by atoms with Gasteiger partial charge in [0.25, 0.3) is 0 Å². The average Bonchev–Trinajstić information content (AvgIpc) is 2.60. The van der Waals surface area contributed by atoms with Crippen LogP contribution in [0.1, 0.15) is 18.4 Å². The minimum atomic E-state index is -0.103. The quantitative estimate of drug-likeness (QED) is 0.460. The fourth-order valence-electron chi connectivity index (χ4n) is 2.99. The third-order valence-corrected chi connectivity index (χ3v) is 4.20. The normalized spacial score (nSPS) is 18.3. The lowest BCUT2D eigenvalue weighted by atomic mass is 9.97. The minimum absolute atomic E-state index is 0.0695. The first-order valence-corrected chi connectivity index (χ1v) is 7.64. The highest BCUT2D eigenvalue weighted by Crippen LogP contribution is 2.35. The van der Waals surface area contributed by atoms with Crippen molar-refractivity contribution in [2.45, 2.75) is 19.4 Å². The summed E-state index contributed by atoms with van der Waals surface area (Å²) >= 11 is 0. The van der Waals surface area contributed by atoms with Crippen LogP contribution in [0.4, 0.5) is 0 Å². The zero-order chi connectivity index (χ0) is 16.8. The molecule has 0 spiro atoms. The monoisotopic (exact) mass is 323 g/mol. The summed E-state index contributed by atoms with van der Waals surface area (Å²) in [5.74, 6) is 7.11. The highest BCUT2D eigenvalue weighted by molar-refractivity contribution is 5.78. The summed E-state index contributed by atoms with van der Waals surface area (Å²) in [6.45, 7) is 2.30. The number of methoxy groups -OCH3 is 3. The van der Waals surface area contributed by atoms with E-state index in [9.17, 15) is 4.79 Å². The van der Waals surface area contributed by atoms with Gasteiger partial charge in [-0.25, -0.2) is 5.84 Å². The number of ether oxygens (including phenoxy) is 3. The van der Waals surface area contributed by atoms with Gasteiger partial charge in [-0.15, -0.1) is 0 Å². The number of nitrogens with one attached hydrogen (secondary N) is 1. The largest absolute Gasteiger partial charge is 0.496 e. The van der Waals surface area contributed by atoms with E-state index in [1.807, 2.05) is 12.1 Å². The Kier molecular flexibility index (Phi) is 6.06. The van der Waals surface area contributed by atoms with Gasteiger partial charge in [0, 0.05) is 24.7 Å². The van der Waals surface area contributed by atoms with Crippen molar-refractivity contribution in [2.75, 3.05) is 34.4 Å². The van der Waals surface area contributed by atoms with Crippen molar-refractivity contribution < 1.29 is 19.0 Å². The fourth-order valence-corrected chi connectivity index (χ4v) is 2.99. The molecule has 1 aliphatic heterocycles. The first-order valence-electron chi connectivity index (χ1n) is 7.64. The van der Waals surface area contributed by atoms with Gasteiger partial charge >= 0.3 is 0 Å². The van der Waals surface area contributed by atoms with Crippen molar-refractivity contribution >= 4 is 5.91 Å². The topological polar surface area (TPSA) is 86.0 Å². The predicted octanol–water partition coefficient (Wildman–Crippen LogP) is 0.914. The Balaban J connectivity index is 2.16. The van der Waals surface area contributed by atoms with Crippen LogP contribution >= 0.6 is 0 Å². The van der Waals surface area contributed by atoms with Crippen molar-refractivity contribution in [3.05, 3.63) is 17.7 Å². The Bertz CT molecular complexity index is 550. The van der Waals surface area contributed by atoms with Crippen LogP contribution in [-0.4, -0.2) is 45.2 Å². The molecule has 3 N–H and O–H groups in total. The maximum Gasteiger partial charge on any atom is 0.238 e. The van der Waals surface area contributed by atoms with E-state index in [1.54, 1.807) is 21.3 Å². The first-order chi connectivity index (χ1) is 11.1. The van der Waals surface area contributed by atoms with Crippen LogP contribution in [0.5, 0.6) is 17.2 Å². The lowest BCUT2D eigenvalue weighted by Gasteiger charge is -2.32. The lowest BCUT2D eigenvalue weighted by molar-refractivity contribution is -0.126. The molecule has 7 heteroatoms. The molecule has 0 aliphatic carbocycles. The molecule has 0 aromatic heterocycles. The van der Waals surface area contributed by atoms with E-state index in [0.717, 1.165) is 30.7 Å². The van der Waals surface area contributed by atoms with Crippen LogP contribution in [0.15, 0.2) is 12.1 Å². The van der Waals surface area contributed by atoms with Crippen molar-refractivity contribution in [1.29, 1.82) is 0 Å². The van der Waals surface area contributed by atoms with Gasteiger partial charge in [0.15, 0.2) is 11.5 Å². The lowest BCUT2D eigenvalue weighted by Crippen LogP contribution is -2.44. The molecule has 23 heavy (non-hydrogen) atoms. The second-order valence-electron chi connectivity index (χ2n) is 5.60. The number of nitrogens with two attached hydrogens (primary N) is 1. The molecule has 2 rings (SSSR count). The Labute approximate surface area is 136 Å². The number of carbonyl (C=O) groups is 1. The molecule has 7 nitrogen and oxygen atoms in total. The smallest absolute Gasteiger partial charge is 0.238 e. The van der Waals surface area contributed by atoms with E-state index in [4.69, 9.17) is 20.1 Å². The fraction of sp³-hybridized carbons (Fsp3) is 0.562. The van der Waals surface area contributed by atoms with Crippen molar-refractivity contribution in [1.82, 2.24) is 10.3 Å². The van der Waals surface area contributed by atoms with Gasteiger partial charge in [-0.1, -0.05) is 0 Å². The molecule has 0 bridgehead atoms. The van der Waals surface area contributed by atoms with Crippen LogP contribution in [0, 0.1) is 5.92 Å². The summed E-state index contributed by atoms with van der Waals surface area (Å²) in [7, 11) is 4.83. The van der Waals surface area contributed by atoms with E-state index in [0.29, 0.717) is 24.6 Å². The number of hydrazine groups is 1. The summed E-state index contributed by atoms with van der Waals surface area (Å²) in [6, 6.07) is 3.74. The highest BCUT2D eigenvalue weighted by atomic mass is 16.5. The molecular formula is C16H25N3O4. The van der Waals surface area contributed by atoms with Gasteiger partial charge in [-0.05, 0) is 25.5 Å². The molecule has 1 aromatic rings. The van der Waals surface area contributed by atoms with Crippen LogP contribution in [-0.2, 0) is 11.3 Å². The molecule has 1 aromatic carbocycles. The molecule has 1 atom stereocenters. The number of hydrogen-bond acceptors (Lipinski definition) is 6. The molecule has 0 unspecified atom stereocenters. The van der Waals surface area contributed by atoms with E-state index < -0.39 is 0 Å². The molecule has 1 amide bonds. The molecular weight excluding hydrogens is 298 g/mol. The van der Waals surface area contributed by atoms with Gasteiger partial charge in [-0.2, -0.15) is 0 Å². The van der Waals surface area contributed by atoms with Crippen LogP contribution in [0.3, 0.4) is 0 Å². The third kappa shape index (κ3) is 4.05. The number of amides is 1. The Morgan fingerprint density at radius 3 is 2.48 bits per heavy atom. The zero-order valence-corrected chi connectivity index (χ0v) is 13.9. The molecule has 1 saturated heterocycles. The second-order valence-corrected chi connectivity index (χ2v) is 5.60. The van der Waals surface area contributed by atoms with Gasteiger partial charge in [0.2, 0.25) is 5.91 Å². The molecule has 128 valence electrons. The van der Waals surface area contributed by atoms with Crippen molar-refractivity contribution in [3.8, 4) is 17.2 Å². The number of hydrogen-bond donors (Lipinski definition) is 2. The van der Waals surface area contributed by atoms with Crippen LogP contribution in [0.25, 0.3) is 0 Å². The van der Waals surface area contributed by atoms with Crippen LogP contribution in [0.2, 0.25) is 0 Å². The summed E-state index contributed by atoms with van der Waals surface area (Å²) in [4.78, 5) is 14.0. The number of benzene rings is 1. The third-order valence-electron chi connectivity index (χ3n) is 4.20. The molecule has 0 saturated carbocycles. The van der Waals surface area contributed by atoms with Crippen molar-refractivity contribution in [2.24, 2.45) is 11.8 Å². The Morgan fingerprint density at radius 1 is 1.22 bits per heavy atom. The van der Waals surface area contributed by atoms with Gasteiger partial charge in [0.1, 0.15) is 5.75 Å². The summed E-state index contributed by atoms with van der Waals surface area (Å²) in [5, 5.41) is 0. The Morgan fingerprint density at radius 2 is 1.87 bits per heavy atom.